The van der Waals surface area contributed by atoms with Crippen LogP contribution in [0.25, 0.3) is 0 Å². The monoisotopic (exact) mass is 260 g/mol. The van der Waals surface area contributed by atoms with Gasteiger partial charge in [-0.15, -0.1) is 0 Å². The van der Waals surface area contributed by atoms with E-state index in [1.165, 1.54) is 19.3 Å². The minimum absolute atomic E-state index is 0.282. The Bertz CT molecular complexity index is 336. The fraction of sp³-hybridized carbons (Fsp3) is 1.00. The standard InChI is InChI=1S/C12H24N2O2S/c1-11-9-14(8-7-13-11)17(15,16)10-12-5-3-2-4-6-12/h11-13H,2-10H2,1H3/t11-/m0/s1. The first-order chi connectivity index (χ1) is 8.08. The highest BCUT2D eigenvalue weighted by atomic mass is 32.2. The van der Waals surface area contributed by atoms with E-state index in [2.05, 4.69) is 5.32 Å². The lowest BCUT2D eigenvalue weighted by Crippen LogP contribution is -2.52. The van der Waals surface area contributed by atoms with E-state index < -0.39 is 10.0 Å². The van der Waals surface area contributed by atoms with E-state index >= 15 is 0 Å². The average molecular weight is 260 g/mol. The van der Waals surface area contributed by atoms with Gasteiger partial charge in [-0.25, -0.2) is 8.42 Å². The van der Waals surface area contributed by atoms with Gasteiger partial charge in [0.1, 0.15) is 0 Å². The lowest BCUT2D eigenvalue weighted by Gasteiger charge is -2.32. The molecule has 0 amide bonds. The van der Waals surface area contributed by atoms with Crippen LogP contribution in [0.1, 0.15) is 39.0 Å². The van der Waals surface area contributed by atoms with Crippen LogP contribution in [0.2, 0.25) is 0 Å². The average Bonchev–Trinajstić information content (AvgIpc) is 2.30. The van der Waals surface area contributed by atoms with Crippen LogP contribution in [0.3, 0.4) is 0 Å². The lowest BCUT2D eigenvalue weighted by atomic mass is 9.91. The lowest BCUT2D eigenvalue weighted by molar-refractivity contribution is 0.303. The summed E-state index contributed by atoms with van der Waals surface area (Å²) in [6.45, 7) is 4.10. The maximum Gasteiger partial charge on any atom is 0.214 e. The molecule has 0 spiro atoms. The van der Waals surface area contributed by atoms with Gasteiger partial charge in [-0.2, -0.15) is 4.31 Å². The first kappa shape index (κ1) is 13.3. The Labute approximate surface area is 105 Å². The molecular weight excluding hydrogens is 236 g/mol. The highest BCUT2D eigenvalue weighted by Gasteiger charge is 2.29. The molecule has 1 N–H and O–H groups in total. The number of piperazine rings is 1. The van der Waals surface area contributed by atoms with Crippen molar-refractivity contribution in [2.75, 3.05) is 25.4 Å². The predicted octanol–water partition coefficient (Wildman–Crippen LogP) is 1.19. The van der Waals surface area contributed by atoms with Crippen LogP contribution < -0.4 is 5.32 Å². The maximum atomic E-state index is 12.3. The summed E-state index contributed by atoms with van der Waals surface area (Å²) in [5.74, 6) is 0.777. The van der Waals surface area contributed by atoms with E-state index in [4.69, 9.17) is 0 Å². The number of rotatable bonds is 3. The van der Waals surface area contributed by atoms with E-state index in [1.807, 2.05) is 6.92 Å². The molecule has 2 fully saturated rings. The third kappa shape index (κ3) is 3.66. The highest BCUT2D eigenvalue weighted by Crippen LogP contribution is 2.26. The van der Waals surface area contributed by atoms with Gasteiger partial charge < -0.3 is 5.32 Å². The molecule has 2 rings (SSSR count). The summed E-state index contributed by atoms with van der Waals surface area (Å²) < 4.78 is 26.3. The fourth-order valence-corrected chi connectivity index (χ4v) is 4.87. The first-order valence-corrected chi connectivity index (χ1v) is 8.40. The Morgan fingerprint density at radius 1 is 1.24 bits per heavy atom. The van der Waals surface area contributed by atoms with E-state index in [0.717, 1.165) is 19.4 Å². The van der Waals surface area contributed by atoms with E-state index in [0.29, 0.717) is 24.8 Å². The molecule has 5 heteroatoms. The van der Waals surface area contributed by atoms with Gasteiger partial charge in [0, 0.05) is 25.7 Å². The number of hydrogen-bond donors (Lipinski definition) is 1. The Morgan fingerprint density at radius 3 is 2.59 bits per heavy atom. The quantitative estimate of drug-likeness (QED) is 0.829. The van der Waals surface area contributed by atoms with E-state index in [9.17, 15) is 8.42 Å². The molecule has 1 aliphatic heterocycles. The van der Waals surface area contributed by atoms with Gasteiger partial charge >= 0.3 is 0 Å². The number of sulfonamides is 1. The van der Waals surface area contributed by atoms with Gasteiger partial charge in [-0.3, -0.25) is 0 Å². The Balaban J connectivity index is 1.92. The zero-order valence-corrected chi connectivity index (χ0v) is 11.5. The third-order valence-electron chi connectivity index (χ3n) is 3.90. The molecule has 0 radical (unpaired) electrons. The van der Waals surface area contributed by atoms with Gasteiger partial charge in [-0.1, -0.05) is 19.3 Å². The fourth-order valence-electron chi connectivity index (χ4n) is 2.91. The summed E-state index contributed by atoms with van der Waals surface area (Å²) >= 11 is 0. The van der Waals surface area contributed by atoms with Crippen molar-refractivity contribution >= 4 is 10.0 Å². The second kappa shape index (κ2) is 5.67. The molecule has 100 valence electrons. The highest BCUT2D eigenvalue weighted by molar-refractivity contribution is 7.89. The van der Waals surface area contributed by atoms with E-state index in [-0.39, 0.29) is 6.04 Å². The zero-order chi connectivity index (χ0) is 12.3. The van der Waals surface area contributed by atoms with Crippen molar-refractivity contribution in [3.05, 3.63) is 0 Å². The van der Waals surface area contributed by atoms with Crippen LogP contribution in [0.5, 0.6) is 0 Å². The minimum atomic E-state index is -3.02. The Kier molecular flexibility index (Phi) is 4.44. The van der Waals surface area contributed by atoms with Crippen molar-refractivity contribution in [2.45, 2.75) is 45.1 Å². The second-order valence-electron chi connectivity index (χ2n) is 5.50. The smallest absolute Gasteiger partial charge is 0.214 e. The van der Waals surface area contributed by atoms with Gasteiger partial charge in [0.15, 0.2) is 0 Å². The summed E-state index contributed by atoms with van der Waals surface area (Å²) in [6, 6.07) is 0.282. The Hall–Kier alpha value is -0.130. The molecule has 1 heterocycles. The summed E-state index contributed by atoms with van der Waals surface area (Å²) in [6.07, 6.45) is 5.89. The van der Waals surface area contributed by atoms with Crippen LogP contribution in [0, 0.1) is 5.92 Å². The number of nitrogens with zero attached hydrogens (tertiary/aromatic N) is 1. The minimum Gasteiger partial charge on any atom is -0.312 e. The van der Waals surface area contributed by atoms with Crippen molar-refractivity contribution in [1.82, 2.24) is 9.62 Å². The Morgan fingerprint density at radius 2 is 1.94 bits per heavy atom. The summed E-state index contributed by atoms with van der Waals surface area (Å²) in [7, 11) is -3.02. The zero-order valence-electron chi connectivity index (χ0n) is 10.7. The van der Waals surface area contributed by atoms with Crippen LogP contribution in [0.15, 0.2) is 0 Å². The van der Waals surface area contributed by atoms with Crippen molar-refractivity contribution in [1.29, 1.82) is 0 Å². The molecule has 0 bridgehead atoms. The van der Waals surface area contributed by atoms with Crippen molar-refractivity contribution in [3.8, 4) is 0 Å². The largest absolute Gasteiger partial charge is 0.312 e. The summed E-state index contributed by atoms with van der Waals surface area (Å²) in [4.78, 5) is 0. The van der Waals surface area contributed by atoms with Gasteiger partial charge in [0.25, 0.3) is 0 Å². The molecule has 2 aliphatic rings. The normalized spacial score (nSPS) is 29.4. The van der Waals surface area contributed by atoms with E-state index in [1.54, 1.807) is 4.31 Å². The predicted molar refractivity (Wildman–Crippen MR) is 69.4 cm³/mol. The molecule has 0 aromatic heterocycles. The van der Waals surface area contributed by atoms with Crippen molar-refractivity contribution in [3.63, 3.8) is 0 Å². The van der Waals surface area contributed by atoms with Crippen LogP contribution in [-0.4, -0.2) is 44.2 Å². The molecule has 4 nitrogen and oxygen atoms in total. The SMILES string of the molecule is C[C@H]1CN(S(=O)(=O)CC2CCCCC2)CCN1. The van der Waals surface area contributed by atoms with Gasteiger partial charge in [0.05, 0.1) is 5.75 Å². The van der Waals surface area contributed by atoms with Crippen LogP contribution in [-0.2, 0) is 10.0 Å². The van der Waals surface area contributed by atoms with Crippen molar-refractivity contribution in [2.24, 2.45) is 5.92 Å². The topological polar surface area (TPSA) is 49.4 Å². The molecule has 17 heavy (non-hydrogen) atoms. The molecule has 1 atom stereocenters. The molecule has 0 aromatic carbocycles. The maximum absolute atomic E-state index is 12.3. The summed E-state index contributed by atoms with van der Waals surface area (Å²) in [5, 5.41) is 3.28. The second-order valence-corrected chi connectivity index (χ2v) is 7.51. The number of hydrogen-bond acceptors (Lipinski definition) is 3. The molecule has 1 saturated carbocycles. The summed E-state index contributed by atoms with van der Waals surface area (Å²) in [5.41, 5.74) is 0. The first-order valence-electron chi connectivity index (χ1n) is 6.79. The van der Waals surface area contributed by atoms with Gasteiger partial charge in [-0.05, 0) is 25.7 Å². The molecule has 1 saturated heterocycles. The number of nitrogens with one attached hydrogen (secondary N) is 1. The molecule has 0 aromatic rings. The molecule has 0 unspecified atom stereocenters. The molecular formula is C12H24N2O2S. The van der Waals surface area contributed by atoms with Crippen molar-refractivity contribution < 1.29 is 8.42 Å². The van der Waals surface area contributed by atoms with Crippen LogP contribution in [0.4, 0.5) is 0 Å². The third-order valence-corrected chi connectivity index (χ3v) is 5.91. The molecule has 1 aliphatic carbocycles. The van der Waals surface area contributed by atoms with Crippen LogP contribution >= 0.6 is 0 Å². The van der Waals surface area contributed by atoms with Gasteiger partial charge in [0.2, 0.25) is 10.0 Å².